The van der Waals surface area contributed by atoms with Crippen LogP contribution in [0.25, 0.3) is 0 Å². The molecule has 104 valence electrons. The first kappa shape index (κ1) is 21.7. The van der Waals surface area contributed by atoms with Crippen molar-refractivity contribution in [2.75, 3.05) is 0 Å². The second kappa shape index (κ2) is 13.4. The Morgan fingerprint density at radius 3 is 2.11 bits per heavy atom. The average molecular weight is 376 g/mol. The van der Waals surface area contributed by atoms with Crippen LogP contribution in [-0.2, 0) is 26.2 Å². The summed E-state index contributed by atoms with van der Waals surface area (Å²) in [5, 5.41) is 0. The Labute approximate surface area is 149 Å². The largest absolute Gasteiger partial charge is 2.00 e. The summed E-state index contributed by atoms with van der Waals surface area (Å²) in [5.41, 5.74) is 1.50. The van der Waals surface area contributed by atoms with Gasteiger partial charge in [-0.3, -0.25) is 12.2 Å². The SMILES string of the molecule is Cl.Cl.[C-]1=C(C2CCCCC2)C=CC1.[C-]1=CC=CC1.[Zr+2]. The molecule has 0 unspecified atom stereocenters. The van der Waals surface area contributed by atoms with Gasteiger partial charge in [0.05, 0.1) is 0 Å². The Morgan fingerprint density at radius 1 is 0.947 bits per heavy atom. The second-order valence-corrected chi connectivity index (χ2v) is 4.58. The molecule has 0 N–H and O–H groups in total. The maximum atomic E-state index is 3.43. The molecule has 0 aromatic rings. The van der Waals surface area contributed by atoms with E-state index in [9.17, 15) is 0 Å². The molecule has 0 nitrogen and oxygen atoms in total. The van der Waals surface area contributed by atoms with Crippen LogP contribution in [0.4, 0.5) is 0 Å². The number of halogens is 2. The summed E-state index contributed by atoms with van der Waals surface area (Å²) in [6.07, 6.45) is 26.1. The van der Waals surface area contributed by atoms with Gasteiger partial charge in [-0.15, -0.1) is 37.7 Å². The van der Waals surface area contributed by atoms with Crippen LogP contribution < -0.4 is 0 Å². The maximum Gasteiger partial charge on any atom is 2.00 e. The van der Waals surface area contributed by atoms with Crippen molar-refractivity contribution in [3.05, 3.63) is 48.1 Å². The minimum atomic E-state index is 0. The molecular weight excluding hydrogens is 354 g/mol. The summed E-state index contributed by atoms with van der Waals surface area (Å²) in [7, 11) is 0. The van der Waals surface area contributed by atoms with Crippen molar-refractivity contribution in [2.24, 2.45) is 5.92 Å². The first-order valence-corrected chi connectivity index (χ1v) is 6.46. The van der Waals surface area contributed by atoms with Crippen LogP contribution in [0, 0.1) is 18.1 Å². The van der Waals surface area contributed by atoms with Gasteiger partial charge in [-0.25, -0.2) is 23.8 Å². The van der Waals surface area contributed by atoms with E-state index in [1.54, 1.807) is 0 Å². The predicted octanol–water partition coefficient (Wildman–Crippen LogP) is 5.40. The summed E-state index contributed by atoms with van der Waals surface area (Å²) in [6, 6.07) is 0. The van der Waals surface area contributed by atoms with E-state index in [2.05, 4.69) is 30.4 Å². The van der Waals surface area contributed by atoms with Gasteiger partial charge in [0, 0.05) is 0 Å². The fourth-order valence-electron chi connectivity index (χ4n) is 2.46. The molecule has 3 aliphatic rings. The fraction of sp³-hybridized carbons (Fsp3) is 0.500. The smallest absolute Gasteiger partial charge is 0.273 e. The molecule has 0 heterocycles. The summed E-state index contributed by atoms with van der Waals surface area (Å²) in [5.74, 6) is 0.863. The van der Waals surface area contributed by atoms with Gasteiger partial charge in [-0.05, 0) is 18.8 Å². The van der Waals surface area contributed by atoms with E-state index in [1.807, 2.05) is 12.2 Å². The van der Waals surface area contributed by atoms with E-state index in [0.29, 0.717) is 0 Å². The van der Waals surface area contributed by atoms with Crippen LogP contribution in [0.5, 0.6) is 0 Å². The van der Waals surface area contributed by atoms with Crippen molar-refractivity contribution in [3.63, 3.8) is 0 Å². The first-order valence-electron chi connectivity index (χ1n) is 6.46. The minimum absolute atomic E-state index is 0. The van der Waals surface area contributed by atoms with Gasteiger partial charge in [-0.2, -0.15) is 12.2 Å². The van der Waals surface area contributed by atoms with Crippen molar-refractivity contribution in [2.45, 2.75) is 44.9 Å². The van der Waals surface area contributed by atoms with E-state index in [-0.39, 0.29) is 51.0 Å². The zero-order chi connectivity index (χ0) is 11.1. The second-order valence-electron chi connectivity index (χ2n) is 4.58. The van der Waals surface area contributed by atoms with Gasteiger partial charge in [0.2, 0.25) is 0 Å². The van der Waals surface area contributed by atoms with Crippen molar-refractivity contribution in [1.82, 2.24) is 0 Å². The van der Waals surface area contributed by atoms with Crippen LogP contribution in [-0.4, -0.2) is 0 Å². The molecule has 0 aromatic heterocycles. The molecule has 3 aliphatic carbocycles. The minimum Gasteiger partial charge on any atom is -0.273 e. The molecule has 0 amide bonds. The molecule has 1 fully saturated rings. The standard InChI is InChI=1S/C11H15.C5H5.2ClH.Zr/c1-2-6-10(7-3-1)11-8-4-5-9-11;1-2-4-5-3-1;;;/h4,8,10H,1-3,5-7H2;1-3H,4H2;2*1H;/q2*-1;;;+2. The molecule has 0 radical (unpaired) electrons. The third-order valence-corrected chi connectivity index (χ3v) is 3.35. The zero-order valence-corrected chi connectivity index (χ0v) is 15.3. The van der Waals surface area contributed by atoms with Crippen LogP contribution in [0.3, 0.4) is 0 Å². The van der Waals surface area contributed by atoms with Gasteiger partial charge >= 0.3 is 26.2 Å². The predicted molar refractivity (Wildman–Crippen MR) is 83.2 cm³/mol. The summed E-state index contributed by atoms with van der Waals surface area (Å²) < 4.78 is 0. The van der Waals surface area contributed by atoms with Gasteiger partial charge in [0.25, 0.3) is 0 Å². The van der Waals surface area contributed by atoms with Crippen LogP contribution in [0.15, 0.2) is 36.0 Å². The van der Waals surface area contributed by atoms with Gasteiger partial charge in [0.15, 0.2) is 0 Å². The Balaban J connectivity index is 0. The molecular formula is C16H22Cl2Zr. The van der Waals surface area contributed by atoms with Crippen LogP contribution in [0.1, 0.15) is 44.9 Å². The van der Waals surface area contributed by atoms with Crippen LogP contribution >= 0.6 is 24.8 Å². The third kappa shape index (κ3) is 8.33. The number of hydrogen-bond donors (Lipinski definition) is 0. The van der Waals surface area contributed by atoms with Gasteiger partial charge in [0.1, 0.15) is 0 Å². The summed E-state index contributed by atoms with van der Waals surface area (Å²) in [6.45, 7) is 0. The summed E-state index contributed by atoms with van der Waals surface area (Å²) in [4.78, 5) is 0. The molecule has 0 spiro atoms. The van der Waals surface area contributed by atoms with Gasteiger partial charge in [-0.1, -0.05) is 19.3 Å². The zero-order valence-electron chi connectivity index (χ0n) is 11.2. The third-order valence-electron chi connectivity index (χ3n) is 3.35. The normalized spacial score (nSPS) is 19.5. The molecule has 0 aromatic carbocycles. The Morgan fingerprint density at radius 2 is 1.68 bits per heavy atom. The Hall–Kier alpha value is 0.423. The molecule has 19 heavy (non-hydrogen) atoms. The van der Waals surface area contributed by atoms with Crippen molar-refractivity contribution in [3.8, 4) is 0 Å². The molecule has 3 rings (SSSR count). The molecule has 1 saturated carbocycles. The monoisotopic (exact) mass is 374 g/mol. The Kier molecular flexibility index (Phi) is 15.3. The number of rotatable bonds is 1. The van der Waals surface area contributed by atoms with E-state index in [1.165, 1.54) is 37.7 Å². The first-order chi connectivity index (χ1) is 7.97. The quantitative estimate of drug-likeness (QED) is 0.537. The number of hydrogen-bond acceptors (Lipinski definition) is 0. The van der Waals surface area contributed by atoms with Crippen molar-refractivity contribution < 1.29 is 26.2 Å². The molecule has 0 bridgehead atoms. The molecule has 0 aliphatic heterocycles. The summed E-state index contributed by atoms with van der Waals surface area (Å²) >= 11 is 0. The van der Waals surface area contributed by atoms with Crippen molar-refractivity contribution in [1.29, 1.82) is 0 Å². The van der Waals surface area contributed by atoms with E-state index in [0.717, 1.165) is 18.8 Å². The topological polar surface area (TPSA) is 0 Å². The number of allylic oxidation sites excluding steroid dienone is 8. The average Bonchev–Trinajstić information content (AvgIpc) is 3.07. The van der Waals surface area contributed by atoms with E-state index in [4.69, 9.17) is 0 Å². The van der Waals surface area contributed by atoms with Crippen LogP contribution in [0.2, 0.25) is 0 Å². The van der Waals surface area contributed by atoms with E-state index < -0.39 is 0 Å². The van der Waals surface area contributed by atoms with E-state index >= 15 is 0 Å². The molecule has 0 saturated heterocycles. The van der Waals surface area contributed by atoms with Gasteiger partial charge < -0.3 is 0 Å². The molecule has 3 heteroatoms. The Bertz CT molecular complexity index is 314. The maximum absolute atomic E-state index is 3.43. The van der Waals surface area contributed by atoms with Crippen molar-refractivity contribution >= 4 is 24.8 Å². The fourth-order valence-corrected chi connectivity index (χ4v) is 2.46. The molecule has 0 atom stereocenters.